The van der Waals surface area contributed by atoms with E-state index < -0.39 is 0 Å². The average Bonchev–Trinajstić information content (AvgIpc) is 1.05. The van der Waals surface area contributed by atoms with Crippen LogP contribution in [0.4, 0.5) is 0 Å². The lowest BCUT2D eigenvalue weighted by Crippen LogP contribution is -1.96. The highest BCUT2D eigenvalue weighted by Crippen LogP contribution is 2.48. The molecule has 26 rings (SSSR count). The Kier molecular flexibility index (Phi) is 18.8. The summed E-state index contributed by atoms with van der Waals surface area (Å²) in [5.74, 6) is 1.40. The van der Waals surface area contributed by atoms with Crippen molar-refractivity contribution in [2.24, 2.45) is 0 Å². The highest BCUT2D eigenvalue weighted by molar-refractivity contribution is 6.31. The first-order chi connectivity index (χ1) is 65.4. The van der Waals surface area contributed by atoms with Crippen LogP contribution in [0.5, 0.6) is 0 Å². The van der Waals surface area contributed by atoms with Gasteiger partial charge in [0.2, 0.25) is 0 Å². The zero-order valence-electron chi connectivity index (χ0n) is 71.9. The SMILES string of the molecule is c1ccc(-c2ccc(-c3cc(-c4ccc5c(c4)c4ccccc4c4cccc(-c6ccc7c(c6)c6ccccc6n7-c6ccc(-c7ccccc7)cc6)c45)nc(-c4ccccc4)n3)cc2)cc1.c1ccc(-c2ccc(-c3cc(-c4ccc5c(c4)c4ccccc4c4cccc(-c6ccc7c(c6)c6ccccc6n7-c6ccc7ccccc7c6)c45)nc(-c4ccccc4)n3)cc2)cc1. The Balaban J connectivity index is 0.000000142. The summed E-state index contributed by atoms with van der Waals surface area (Å²) < 4.78 is 4.81. The fourth-order valence-corrected chi connectivity index (χ4v) is 20.2. The second kappa shape index (κ2) is 32.4. The Labute approximate surface area is 762 Å². The van der Waals surface area contributed by atoms with Crippen LogP contribution in [0.15, 0.2) is 485 Å². The summed E-state index contributed by atoms with van der Waals surface area (Å²) in [4.78, 5) is 20.8. The predicted octanol–water partition coefficient (Wildman–Crippen LogP) is 33.6. The highest BCUT2D eigenvalue weighted by Gasteiger charge is 2.23. The number of nitrogens with zero attached hydrogens (tertiary/aromatic N) is 6. The zero-order valence-corrected chi connectivity index (χ0v) is 71.9. The molecule has 0 aliphatic carbocycles. The minimum absolute atomic E-state index is 0.701. The third-order valence-corrected chi connectivity index (χ3v) is 26.6. The van der Waals surface area contributed by atoms with Gasteiger partial charge in [-0.25, -0.2) is 19.9 Å². The largest absolute Gasteiger partial charge is 0.309 e. The van der Waals surface area contributed by atoms with Crippen LogP contribution in [0.1, 0.15) is 0 Å². The molecule has 0 atom stereocenters. The molecule has 0 aliphatic heterocycles. The van der Waals surface area contributed by atoms with Gasteiger partial charge in [-0.3, -0.25) is 0 Å². The Bertz CT molecular complexity index is 9020. The number of hydrogen-bond acceptors (Lipinski definition) is 4. The summed E-state index contributed by atoms with van der Waals surface area (Å²) in [5, 5.41) is 22.1. The van der Waals surface area contributed by atoms with E-state index in [0.717, 1.165) is 67.5 Å². The van der Waals surface area contributed by atoms with Crippen LogP contribution in [0.25, 0.3) is 254 Å². The fraction of sp³-hybridized carbons (Fsp3) is 0. The first-order valence-electron chi connectivity index (χ1n) is 45.1. The van der Waals surface area contributed by atoms with E-state index in [4.69, 9.17) is 19.9 Å². The number of benzene rings is 22. The molecule has 0 N–H and O–H groups in total. The van der Waals surface area contributed by atoms with Gasteiger partial charge in [0.15, 0.2) is 11.6 Å². The molecule has 0 aliphatic rings. The van der Waals surface area contributed by atoms with Crippen LogP contribution < -0.4 is 0 Å². The molecule has 0 saturated carbocycles. The van der Waals surface area contributed by atoms with Crippen molar-refractivity contribution in [3.63, 3.8) is 0 Å². The highest BCUT2D eigenvalue weighted by atomic mass is 15.0. The van der Waals surface area contributed by atoms with E-state index in [1.54, 1.807) is 0 Å². The van der Waals surface area contributed by atoms with Gasteiger partial charge in [-0.05, 0) is 216 Å². The summed E-state index contributed by atoms with van der Waals surface area (Å²) in [6.45, 7) is 0. The minimum atomic E-state index is 0.701. The number of aromatic nitrogens is 6. The van der Waals surface area contributed by atoms with E-state index in [0.29, 0.717) is 11.6 Å². The quantitative estimate of drug-likeness (QED) is 0.108. The maximum absolute atomic E-state index is 5.26. The molecule has 0 unspecified atom stereocenters. The Morgan fingerprint density at radius 2 is 0.417 bits per heavy atom. The van der Waals surface area contributed by atoms with Gasteiger partial charge in [0.05, 0.1) is 44.8 Å². The number of para-hydroxylation sites is 2. The Hall–Kier alpha value is -17.6. The standard InChI is InChI=1S/C64H41N3.C62H39N3/c1-4-15-42(16-5-1)44-27-29-46(30-28-44)59-41-60(66-64(65-59)47-19-8-3-9-20-47)49-33-37-56-57(40-49)53-22-11-10-21-52(53)55-25-14-24-51(63(55)56)48-34-38-62-58(39-48)54-23-12-13-26-61(54)67(62)50-35-31-45(32-36-50)43-17-6-2-7-18-43;1-3-14-40(15-4-1)42-26-28-43(29-27-42)57-39-58(64-62(63-57)44-17-5-2-6-18-44)47-31-34-54-55(38-47)51-21-10-9-20-50(51)53-24-13-23-49(61(53)54)46-32-35-60-56(37-46)52-22-11-12-25-59(52)65(60)48-33-30-41-16-7-8-19-45(41)36-48/h1-41H;1-39H. The van der Waals surface area contributed by atoms with E-state index >= 15 is 0 Å². The van der Waals surface area contributed by atoms with Crippen LogP contribution in [-0.4, -0.2) is 29.1 Å². The molecule has 0 spiro atoms. The smallest absolute Gasteiger partial charge is 0.160 e. The van der Waals surface area contributed by atoms with E-state index in [1.165, 1.54) is 175 Å². The van der Waals surface area contributed by atoms with Crippen molar-refractivity contribution in [2.45, 2.75) is 0 Å². The summed E-state index contributed by atoms with van der Waals surface area (Å²) in [6.07, 6.45) is 0. The second-order valence-corrected chi connectivity index (χ2v) is 34.2. The van der Waals surface area contributed by atoms with Crippen molar-refractivity contribution >= 4 is 119 Å². The van der Waals surface area contributed by atoms with Gasteiger partial charge in [0.1, 0.15) is 0 Å². The van der Waals surface area contributed by atoms with Crippen molar-refractivity contribution < 1.29 is 0 Å². The van der Waals surface area contributed by atoms with Gasteiger partial charge < -0.3 is 9.13 Å². The second-order valence-electron chi connectivity index (χ2n) is 34.2. The van der Waals surface area contributed by atoms with Crippen molar-refractivity contribution in [1.82, 2.24) is 29.1 Å². The first kappa shape index (κ1) is 76.8. The topological polar surface area (TPSA) is 61.4 Å². The molecular weight excluding hydrogens is 1600 g/mol. The van der Waals surface area contributed by atoms with Crippen LogP contribution >= 0.6 is 0 Å². The molecule has 132 heavy (non-hydrogen) atoms. The minimum Gasteiger partial charge on any atom is -0.309 e. The van der Waals surface area contributed by atoms with Gasteiger partial charge in [-0.15, -0.1) is 0 Å². The fourth-order valence-electron chi connectivity index (χ4n) is 20.2. The molecule has 6 heteroatoms. The third kappa shape index (κ3) is 13.6. The summed E-state index contributed by atoms with van der Waals surface area (Å²) in [7, 11) is 0. The van der Waals surface area contributed by atoms with E-state index in [-0.39, 0.29) is 0 Å². The number of fused-ring (bicyclic) bond motifs is 19. The van der Waals surface area contributed by atoms with E-state index in [2.05, 4.69) is 458 Å². The molecule has 0 fully saturated rings. The van der Waals surface area contributed by atoms with Gasteiger partial charge in [0, 0.05) is 66.3 Å². The maximum atomic E-state index is 5.26. The third-order valence-electron chi connectivity index (χ3n) is 26.6. The molecule has 4 aromatic heterocycles. The van der Waals surface area contributed by atoms with Crippen LogP contribution in [0.2, 0.25) is 0 Å². The predicted molar refractivity (Wildman–Crippen MR) is 555 cm³/mol. The normalized spacial score (nSPS) is 11.6. The van der Waals surface area contributed by atoms with Gasteiger partial charge >= 0.3 is 0 Å². The average molecular weight is 1680 g/mol. The van der Waals surface area contributed by atoms with E-state index in [9.17, 15) is 0 Å². The lowest BCUT2D eigenvalue weighted by atomic mass is 9.88. The monoisotopic (exact) mass is 1680 g/mol. The summed E-state index contributed by atoms with van der Waals surface area (Å²) in [6, 6.07) is 175. The molecule has 0 saturated heterocycles. The van der Waals surface area contributed by atoms with Crippen LogP contribution in [0, 0.1) is 0 Å². The molecule has 614 valence electrons. The first-order valence-corrected chi connectivity index (χ1v) is 45.1. The van der Waals surface area contributed by atoms with Crippen molar-refractivity contribution in [3.05, 3.63) is 485 Å². The molecule has 6 nitrogen and oxygen atoms in total. The van der Waals surface area contributed by atoms with Gasteiger partial charge in [-0.2, -0.15) is 0 Å². The van der Waals surface area contributed by atoms with Crippen molar-refractivity contribution in [2.75, 3.05) is 0 Å². The van der Waals surface area contributed by atoms with Crippen LogP contribution in [-0.2, 0) is 0 Å². The number of rotatable bonds is 13. The van der Waals surface area contributed by atoms with Crippen molar-refractivity contribution in [1.29, 1.82) is 0 Å². The van der Waals surface area contributed by atoms with Crippen LogP contribution in [0.3, 0.4) is 0 Å². The molecule has 0 amide bonds. The molecule has 26 aromatic rings. The zero-order chi connectivity index (χ0) is 87.1. The number of hydrogen-bond donors (Lipinski definition) is 0. The lowest BCUT2D eigenvalue weighted by Gasteiger charge is -2.16. The van der Waals surface area contributed by atoms with Gasteiger partial charge in [-0.1, -0.05) is 400 Å². The maximum Gasteiger partial charge on any atom is 0.160 e. The summed E-state index contributed by atoms with van der Waals surface area (Å²) in [5.41, 5.74) is 28.7. The lowest BCUT2D eigenvalue weighted by molar-refractivity contribution is 1.18. The molecule has 0 radical (unpaired) electrons. The van der Waals surface area contributed by atoms with Crippen molar-refractivity contribution in [3.8, 4) is 135 Å². The molecule has 0 bridgehead atoms. The van der Waals surface area contributed by atoms with Gasteiger partial charge in [0.25, 0.3) is 0 Å². The Morgan fingerprint density at radius 1 is 0.136 bits per heavy atom. The Morgan fingerprint density at radius 3 is 0.841 bits per heavy atom. The molecular formula is C126H80N6. The summed E-state index contributed by atoms with van der Waals surface area (Å²) >= 11 is 0. The molecule has 22 aromatic carbocycles. The molecule has 4 heterocycles. The van der Waals surface area contributed by atoms with E-state index in [1.807, 2.05) is 36.4 Å².